The Morgan fingerprint density at radius 3 is 2.56 bits per heavy atom. The molecule has 0 fully saturated rings. The maximum atomic E-state index is 10.7. The maximum absolute atomic E-state index is 10.7. The molecule has 0 amide bonds. The van der Waals surface area contributed by atoms with Crippen molar-refractivity contribution < 1.29 is 9.90 Å². The Balaban J connectivity index is 2.21. The van der Waals surface area contributed by atoms with Gasteiger partial charge in [-0.25, -0.2) is 9.78 Å². The number of carboxylic acids is 1. The number of nitrogens with two attached hydrogens (primary N) is 1. The smallest absolute Gasteiger partial charge is 0.335 e. The van der Waals surface area contributed by atoms with Gasteiger partial charge in [0.1, 0.15) is 0 Å². The first-order valence-electron chi connectivity index (χ1n) is 5.07. The van der Waals surface area contributed by atoms with E-state index in [0.29, 0.717) is 22.2 Å². The van der Waals surface area contributed by atoms with Gasteiger partial charge in [0.15, 0.2) is 5.82 Å². The average molecular weight is 264 g/mol. The fraction of sp³-hybridized carbons (Fsp3) is 0. The predicted octanol–water partition coefficient (Wildman–Crippen LogP) is 2.76. The summed E-state index contributed by atoms with van der Waals surface area (Å²) in [5.74, 6) is -0.492. The number of halogens is 1. The summed E-state index contributed by atoms with van der Waals surface area (Å²) in [6, 6.07) is 7.86. The number of hydrogen-bond donors (Lipinski definition) is 3. The monoisotopic (exact) mass is 263 g/mol. The molecule has 4 N–H and O–H groups in total. The van der Waals surface area contributed by atoms with Crippen LogP contribution in [0.2, 0.25) is 5.02 Å². The fourth-order valence-electron chi connectivity index (χ4n) is 1.39. The minimum atomic E-state index is -0.967. The summed E-state index contributed by atoms with van der Waals surface area (Å²) < 4.78 is 0. The van der Waals surface area contributed by atoms with Crippen molar-refractivity contribution in [3.05, 3.63) is 47.1 Å². The predicted molar refractivity (Wildman–Crippen MR) is 70.3 cm³/mol. The zero-order chi connectivity index (χ0) is 13.1. The number of carbonyl (C=O) groups is 1. The molecular weight excluding hydrogens is 254 g/mol. The molecule has 0 saturated carbocycles. The van der Waals surface area contributed by atoms with Gasteiger partial charge < -0.3 is 16.2 Å². The van der Waals surface area contributed by atoms with Crippen molar-refractivity contribution in [3.8, 4) is 0 Å². The van der Waals surface area contributed by atoms with Crippen molar-refractivity contribution in [2.45, 2.75) is 0 Å². The Kier molecular flexibility index (Phi) is 3.34. The van der Waals surface area contributed by atoms with Crippen LogP contribution < -0.4 is 11.1 Å². The van der Waals surface area contributed by atoms with E-state index in [1.165, 1.54) is 18.3 Å². The minimum absolute atomic E-state index is 0.220. The molecule has 2 rings (SSSR count). The Morgan fingerprint density at radius 2 is 2.00 bits per heavy atom. The summed E-state index contributed by atoms with van der Waals surface area (Å²) in [5, 5.41) is 12.2. The fourth-order valence-corrected chi connectivity index (χ4v) is 1.56. The van der Waals surface area contributed by atoms with E-state index in [4.69, 9.17) is 22.4 Å². The lowest BCUT2D eigenvalue weighted by Crippen LogP contribution is -2.00. The normalized spacial score (nSPS) is 10.1. The first-order chi connectivity index (χ1) is 8.56. The largest absolute Gasteiger partial charge is 0.478 e. The first-order valence-corrected chi connectivity index (χ1v) is 5.45. The van der Waals surface area contributed by atoms with Crippen molar-refractivity contribution in [2.75, 3.05) is 11.1 Å². The molecule has 1 aromatic carbocycles. The molecule has 0 aliphatic heterocycles. The lowest BCUT2D eigenvalue weighted by Gasteiger charge is -2.08. The van der Waals surface area contributed by atoms with E-state index in [9.17, 15) is 4.79 Å². The van der Waals surface area contributed by atoms with Crippen LogP contribution in [-0.2, 0) is 0 Å². The lowest BCUT2D eigenvalue weighted by molar-refractivity contribution is 0.0697. The Hall–Kier alpha value is -2.27. The van der Waals surface area contributed by atoms with Crippen LogP contribution in [0, 0.1) is 0 Å². The van der Waals surface area contributed by atoms with Crippen molar-refractivity contribution in [1.29, 1.82) is 0 Å². The quantitative estimate of drug-likeness (QED) is 0.792. The average Bonchev–Trinajstić information content (AvgIpc) is 2.33. The Labute approximate surface area is 108 Å². The number of aromatic carboxylic acids is 1. The summed E-state index contributed by atoms with van der Waals surface area (Å²) >= 11 is 5.74. The van der Waals surface area contributed by atoms with Gasteiger partial charge in [-0.05, 0) is 30.3 Å². The molecule has 0 radical (unpaired) electrons. The van der Waals surface area contributed by atoms with Gasteiger partial charge in [0.2, 0.25) is 0 Å². The number of carboxylic acid groups (broad SMARTS) is 1. The standard InChI is InChI=1S/C12H10ClN3O2/c13-8-5-10(14)11(15-6-8)16-9-3-1-7(2-4-9)12(17)18/h1-6H,14H2,(H,15,16)(H,17,18). The third kappa shape index (κ3) is 2.70. The van der Waals surface area contributed by atoms with E-state index in [0.717, 1.165) is 0 Å². The van der Waals surface area contributed by atoms with Gasteiger partial charge in [0.25, 0.3) is 0 Å². The molecule has 92 valence electrons. The highest BCUT2D eigenvalue weighted by atomic mass is 35.5. The van der Waals surface area contributed by atoms with Gasteiger partial charge in [-0.2, -0.15) is 0 Å². The van der Waals surface area contributed by atoms with E-state index in [-0.39, 0.29) is 5.56 Å². The summed E-state index contributed by atoms with van der Waals surface area (Å²) in [6.07, 6.45) is 1.48. The number of aromatic nitrogens is 1. The summed E-state index contributed by atoms with van der Waals surface area (Å²) in [5.41, 5.74) is 7.08. The Bertz CT molecular complexity index is 584. The van der Waals surface area contributed by atoms with Crippen molar-refractivity contribution in [1.82, 2.24) is 4.98 Å². The molecule has 1 aromatic heterocycles. The molecule has 18 heavy (non-hydrogen) atoms. The molecule has 1 heterocycles. The Morgan fingerprint density at radius 1 is 1.33 bits per heavy atom. The molecule has 0 atom stereocenters. The number of anilines is 3. The molecule has 0 saturated heterocycles. The van der Waals surface area contributed by atoms with Gasteiger partial charge in [0.05, 0.1) is 16.3 Å². The summed E-state index contributed by atoms with van der Waals surface area (Å²) in [7, 11) is 0. The summed E-state index contributed by atoms with van der Waals surface area (Å²) in [4.78, 5) is 14.7. The van der Waals surface area contributed by atoms with E-state index < -0.39 is 5.97 Å². The molecule has 0 unspecified atom stereocenters. The van der Waals surface area contributed by atoms with Crippen LogP contribution in [0.5, 0.6) is 0 Å². The zero-order valence-corrected chi connectivity index (χ0v) is 9.98. The highest BCUT2D eigenvalue weighted by Gasteiger charge is 2.04. The number of benzene rings is 1. The molecular formula is C12H10ClN3O2. The zero-order valence-electron chi connectivity index (χ0n) is 9.22. The number of nitrogens with zero attached hydrogens (tertiary/aromatic N) is 1. The van der Waals surface area contributed by atoms with E-state index in [1.807, 2.05) is 0 Å². The van der Waals surface area contributed by atoms with Crippen LogP contribution >= 0.6 is 11.6 Å². The molecule has 0 aliphatic rings. The number of pyridine rings is 1. The number of nitrogens with one attached hydrogen (secondary N) is 1. The van der Waals surface area contributed by atoms with E-state index in [2.05, 4.69) is 10.3 Å². The third-order valence-corrected chi connectivity index (χ3v) is 2.49. The molecule has 0 bridgehead atoms. The summed E-state index contributed by atoms with van der Waals surface area (Å²) in [6.45, 7) is 0. The second-order valence-corrected chi connectivity index (χ2v) is 4.04. The van der Waals surface area contributed by atoms with Crippen molar-refractivity contribution >= 4 is 34.8 Å². The first kappa shape index (κ1) is 12.2. The second kappa shape index (κ2) is 4.93. The van der Waals surface area contributed by atoms with Crippen molar-refractivity contribution in [3.63, 3.8) is 0 Å². The lowest BCUT2D eigenvalue weighted by atomic mass is 10.2. The van der Waals surface area contributed by atoms with Gasteiger partial charge in [0, 0.05) is 11.9 Å². The number of nitrogen functional groups attached to an aromatic ring is 1. The molecule has 0 aliphatic carbocycles. The SMILES string of the molecule is Nc1cc(Cl)cnc1Nc1ccc(C(=O)O)cc1. The second-order valence-electron chi connectivity index (χ2n) is 3.60. The molecule has 2 aromatic rings. The third-order valence-electron chi connectivity index (χ3n) is 2.28. The number of hydrogen-bond acceptors (Lipinski definition) is 4. The number of rotatable bonds is 3. The minimum Gasteiger partial charge on any atom is -0.478 e. The van der Waals surface area contributed by atoms with Crippen LogP contribution in [-0.4, -0.2) is 16.1 Å². The topological polar surface area (TPSA) is 88.2 Å². The van der Waals surface area contributed by atoms with Crippen LogP contribution in [0.15, 0.2) is 36.5 Å². The molecule has 0 spiro atoms. The van der Waals surface area contributed by atoms with Gasteiger partial charge in [-0.15, -0.1) is 0 Å². The van der Waals surface area contributed by atoms with Crippen molar-refractivity contribution in [2.24, 2.45) is 0 Å². The van der Waals surface area contributed by atoms with Gasteiger partial charge in [-0.1, -0.05) is 11.6 Å². The van der Waals surface area contributed by atoms with E-state index in [1.54, 1.807) is 18.2 Å². The molecule has 6 heteroatoms. The van der Waals surface area contributed by atoms with Gasteiger partial charge >= 0.3 is 5.97 Å². The molecule has 5 nitrogen and oxygen atoms in total. The highest BCUT2D eigenvalue weighted by molar-refractivity contribution is 6.30. The van der Waals surface area contributed by atoms with Crippen LogP contribution in [0.25, 0.3) is 0 Å². The van der Waals surface area contributed by atoms with Gasteiger partial charge in [-0.3, -0.25) is 0 Å². The van der Waals surface area contributed by atoms with Crippen LogP contribution in [0.1, 0.15) is 10.4 Å². The maximum Gasteiger partial charge on any atom is 0.335 e. The van der Waals surface area contributed by atoms with E-state index >= 15 is 0 Å². The highest BCUT2D eigenvalue weighted by Crippen LogP contribution is 2.23. The van der Waals surface area contributed by atoms with Crippen LogP contribution in [0.4, 0.5) is 17.2 Å². The van der Waals surface area contributed by atoms with Crippen LogP contribution in [0.3, 0.4) is 0 Å².